The second-order valence-electron chi connectivity index (χ2n) is 7.59. The molecule has 3 rings (SSSR count). The van der Waals surface area contributed by atoms with Crippen molar-refractivity contribution < 1.29 is 13.2 Å². The number of carbonyl (C=O) groups is 1. The molecule has 0 aliphatic heterocycles. The van der Waals surface area contributed by atoms with Crippen molar-refractivity contribution in [2.45, 2.75) is 57.0 Å². The average Bonchev–Trinajstić information content (AvgIpc) is 3.51. The van der Waals surface area contributed by atoms with E-state index in [2.05, 4.69) is 42.8 Å². The lowest BCUT2D eigenvalue weighted by Crippen LogP contribution is -2.33. The molecule has 1 aliphatic carbocycles. The maximum atomic E-state index is 13.2. The van der Waals surface area contributed by atoms with Crippen LogP contribution in [0.1, 0.15) is 61.0 Å². The van der Waals surface area contributed by atoms with Gasteiger partial charge in [0, 0.05) is 24.7 Å². The van der Waals surface area contributed by atoms with Gasteiger partial charge in [-0.05, 0) is 48.1 Å². The Hall–Kier alpha value is -2.18. The molecule has 1 N–H and O–H groups in total. The summed E-state index contributed by atoms with van der Waals surface area (Å²) in [6, 6.07) is 14.9. The maximum absolute atomic E-state index is 13.2. The predicted octanol–water partition coefficient (Wildman–Crippen LogP) is 3.91. The minimum absolute atomic E-state index is 0.121. The van der Waals surface area contributed by atoms with Crippen molar-refractivity contribution in [3.05, 3.63) is 65.2 Å². The van der Waals surface area contributed by atoms with Gasteiger partial charge in [-0.15, -0.1) is 0 Å². The van der Waals surface area contributed by atoms with Crippen LogP contribution in [0.15, 0.2) is 53.4 Å². The van der Waals surface area contributed by atoms with Gasteiger partial charge in [-0.25, -0.2) is 13.1 Å². The van der Waals surface area contributed by atoms with Crippen LogP contribution in [-0.4, -0.2) is 31.8 Å². The zero-order chi connectivity index (χ0) is 20.3. The summed E-state index contributed by atoms with van der Waals surface area (Å²) in [6.07, 6.45) is 1.98. The number of carbonyl (C=O) groups excluding carboxylic acids is 1. The number of nitrogens with one attached hydrogen (secondary N) is 1. The van der Waals surface area contributed by atoms with E-state index in [1.807, 2.05) is 4.90 Å². The van der Waals surface area contributed by atoms with Crippen LogP contribution in [-0.2, 0) is 16.6 Å². The zero-order valence-electron chi connectivity index (χ0n) is 16.7. The molecule has 150 valence electrons. The first-order valence-corrected chi connectivity index (χ1v) is 11.3. The lowest BCUT2D eigenvalue weighted by molar-refractivity contribution is 0.0729. The van der Waals surface area contributed by atoms with Crippen LogP contribution in [0.2, 0.25) is 0 Å². The summed E-state index contributed by atoms with van der Waals surface area (Å²) >= 11 is 0. The number of rotatable bonds is 8. The molecule has 0 aromatic heterocycles. The molecule has 6 heteroatoms. The fourth-order valence-corrected chi connectivity index (χ4v) is 4.28. The number of sulfonamides is 1. The topological polar surface area (TPSA) is 66.5 Å². The van der Waals surface area contributed by atoms with Crippen molar-refractivity contribution in [3.8, 4) is 0 Å². The molecular weight excluding hydrogens is 372 g/mol. The van der Waals surface area contributed by atoms with Crippen molar-refractivity contribution in [3.63, 3.8) is 0 Å². The van der Waals surface area contributed by atoms with Gasteiger partial charge < -0.3 is 4.90 Å². The van der Waals surface area contributed by atoms with E-state index >= 15 is 0 Å². The number of benzene rings is 2. The Kier molecular flexibility index (Phi) is 6.20. The summed E-state index contributed by atoms with van der Waals surface area (Å²) in [4.78, 5) is 15.1. The molecule has 2 aromatic carbocycles. The third-order valence-electron chi connectivity index (χ3n) is 4.97. The van der Waals surface area contributed by atoms with Gasteiger partial charge in [0.05, 0.1) is 4.90 Å². The van der Waals surface area contributed by atoms with Crippen molar-refractivity contribution in [1.29, 1.82) is 0 Å². The van der Waals surface area contributed by atoms with E-state index in [4.69, 9.17) is 0 Å². The van der Waals surface area contributed by atoms with Gasteiger partial charge in [-0.3, -0.25) is 4.79 Å². The third kappa shape index (κ3) is 4.80. The first kappa shape index (κ1) is 20.6. The molecule has 0 unspecified atom stereocenters. The van der Waals surface area contributed by atoms with Crippen LogP contribution in [0.5, 0.6) is 0 Å². The fourth-order valence-electron chi connectivity index (χ4n) is 3.19. The molecule has 1 saturated carbocycles. The predicted molar refractivity (Wildman–Crippen MR) is 111 cm³/mol. The minimum Gasteiger partial charge on any atom is -0.331 e. The number of hydrogen-bond donors (Lipinski definition) is 1. The molecular formula is C22H28N2O3S. The van der Waals surface area contributed by atoms with E-state index in [9.17, 15) is 13.2 Å². The molecule has 1 amide bonds. The Labute approximate surface area is 167 Å². The Morgan fingerprint density at radius 3 is 2.39 bits per heavy atom. The van der Waals surface area contributed by atoms with Crippen molar-refractivity contribution in [1.82, 2.24) is 9.62 Å². The highest BCUT2D eigenvalue weighted by atomic mass is 32.2. The first-order valence-electron chi connectivity index (χ1n) is 9.81. The molecule has 2 aromatic rings. The number of hydrogen-bond acceptors (Lipinski definition) is 3. The lowest BCUT2D eigenvalue weighted by Gasteiger charge is -2.23. The average molecular weight is 401 g/mol. The summed E-state index contributed by atoms with van der Waals surface area (Å²) in [7, 11) is -3.59. The van der Waals surface area contributed by atoms with Crippen LogP contribution in [0.25, 0.3) is 0 Å². The van der Waals surface area contributed by atoms with Crippen LogP contribution in [0.3, 0.4) is 0 Å². The highest BCUT2D eigenvalue weighted by Crippen LogP contribution is 2.30. The normalized spacial score (nSPS) is 14.3. The molecule has 0 saturated heterocycles. The fraction of sp³-hybridized carbons (Fsp3) is 0.409. The largest absolute Gasteiger partial charge is 0.331 e. The highest BCUT2D eigenvalue weighted by molar-refractivity contribution is 7.89. The summed E-state index contributed by atoms with van der Waals surface area (Å²) in [5, 5.41) is 0. The Morgan fingerprint density at radius 2 is 1.82 bits per heavy atom. The molecule has 0 atom stereocenters. The molecule has 0 heterocycles. The molecule has 28 heavy (non-hydrogen) atoms. The second-order valence-corrected chi connectivity index (χ2v) is 9.36. The second kappa shape index (κ2) is 8.45. The summed E-state index contributed by atoms with van der Waals surface area (Å²) in [6.45, 7) is 6.88. The molecule has 1 aliphatic rings. The lowest BCUT2D eigenvalue weighted by atomic mass is 10.0. The number of nitrogens with zero attached hydrogens (tertiary/aromatic N) is 1. The van der Waals surface area contributed by atoms with Gasteiger partial charge in [0.1, 0.15) is 0 Å². The van der Waals surface area contributed by atoms with Crippen LogP contribution >= 0.6 is 0 Å². The molecule has 1 fully saturated rings. The third-order valence-corrected chi connectivity index (χ3v) is 6.52. The van der Waals surface area contributed by atoms with Gasteiger partial charge in [0.15, 0.2) is 0 Å². The van der Waals surface area contributed by atoms with Gasteiger partial charge in [-0.2, -0.15) is 0 Å². The number of amides is 1. The van der Waals surface area contributed by atoms with Crippen LogP contribution in [0.4, 0.5) is 0 Å². The Morgan fingerprint density at radius 1 is 1.14 bits per heavy atom. The van der Waals surface area contributed by atoms with E-state index in [1.54, 1.807) is 19.1 Å². The molecule has 0 bridgehead atoms. The van der Waals surface area contributed by atoms with Crippen molar-refractivity contribution in [2.24, 2.45) is 0 Å². The minimum atomic E-state index is -3.59. The Balaban J connectivity index is 1.82. The van der Waals surface area contributed by atoms with E-state index in [1.165, 1.54) is 17.7 Å². The van der Waals surface area contributed by atoms with Gasteiger partial charge in [0.2, 0.25) is 10.0 Å². The summed E-state index contributed by atoms with van der Waals surface area (Å²) < 4.78 is 27.0. The smallest absolute Gasteiger partial charge is 0.254 e. The SMILES string of the molecule is CCNS(=O)(=O)c1cccc(C(=O)N(Cc2ccc(C(C)C)cc2)C2CC2)c1. The van der Waals surface area contributed by atoms with E-state index in [-0.39, 0.29) is 16.8 Å². The molecule has 0 radical (unpaired) electrons. The maximum Gasteiger partial charge on any atom is 0.254 e. The van der Waals surface area contributed by atoms with Crippen LogP contribution < -0.4 is 4.72 Å². The quantitative estimate of drug-likeness (QED) is 0.730. The highest BCUT2D eigenvalue weighted by Gasteiger charge is 2.33. The van der Waals surface area contributed by atoms with Gasteiger partial charge in [0.25, 0.3) is 5.91 Å². The first-order chi connectivity index (χ1) is 13.3. The van der Waals surface area contributed by atoms with Gasteiger partial charge in [-0.1, -0.05) is 51.1 Å². The monoisotopic (exact) mass is 400 g/mol. The van der Waals surface area contributed by atoms with Gasteiger partial charge >= 0.3 is 0 Å². The summed E-state index contributed by atoms with van der Waals surface area (Å²) in [5.41, 5.74) is 2.76. The van der Waals surface area contributed by atoms with E-state index in [0.29, 0.717) is 24.6 Å². The van der Waals surface area contributed by atoms with E-state index < -0.39 is 10.0 Å². The van der Waals surface area contributed by atoms with Crippen molar-refractivity contribution in [2.75, 3.05) is 6.54 Å². The van der Waals surface area contributed by atoms with Crippen LogP contribution in [0, 0.1) is 0 Å². The molecule has 0 spiro atoms. The van der Waals surface area contributed by atoms with Crippen molar-refractivity contribution >= 4 is 15.9 Å². The standard InChI is InChI=1S/C22H28N2O3S/c1-4-23-28(26,27)21-7-5-6-19(14-21)22(25)24(20-12-13-20)15-17-8-10-18(11-9-17)16(2)3/h5-11,14,16,20,23H,4,12-13,15H2,1-3H3. The van der Waals surface area contributed by atoms with E-state index in [0.717, 1.165) is 18.4 Å². The summed E-state index contributed by atoms with van der Waals surface area (Å²) in [5.74, 6) is 0.348. The Bertz CT molecular complexity index is 933. The molecule has 5 nitrogen and oxygen atoms in total. The zero-order valence-corrected chi connectivity index (χ0v) is 17.5.